The van der Waals surface area contributed by atoms with Crippen LogP contribution in [0.25, 0.3) is 17.5 Å². The molecule has 2 N–H and O–H groups in total. The lowest BCUT2D eigenvalue weighted by molar-refractivity contribution is -0.131. The second-order valence-electron chi connectivity index (χ2n) is 7.62. The summed E-state index contributed by atoms with van der Waals surface area (Å²) in [5.74, 6) is -1.56. The van der Waals surface area contributed by atoms with Crippen molar-refractivity contribution in [3.05, 3.63) is 92.3 Å². The van der Waals surface area contributed by atoms with Crippen molar-refractivity contribution < 1.29 is 33.7 Å². The van der Waals surface area contributed by atoms with Gasteiger partial charge in [0.1, 0.15) is 11.5 Å². The third-order valence-electron chi connectivity index (χ3n) is 5.01. The zero-order valence-electron chi connectivity index (χ0n) is 19.6. The van der Waals surface area contributed by atoms with E-state index >= 15 is 0 Å². The number of aliphatic carboxylic acids is 1. The predicted octanol–water partition coefficient (Wildman–Crippen LogP) is 6.55. The summed E-state index contributed by atoms with van der Waals surface area (Å²) in [5, 5.41) is 27.5. The minimum absolute atomic E-state index is 0.0326. The molecule has 0 aliphatic heterocycles. The molecule has 0 amide bonds. The molecule has 1 aromatic heterocycles. The zero-order valence-corrected chi connectivity index (χ0v) is 21.9. The van der Waals surface area contributed by atoms with E-state index in [0.717, 1.165) is 11.8 Å². The average molecular weight is 573 g/mol. The normalized spacial score (nSPS) is 11.3. The molecule has 0 saturated heterocycles. The topological polar surface area (TPSA) is 132 Å². The van der Waals surface area contributed by atoms with Crippen LogP contribution < -0.4 is 9.47 Å². The van der Waals surface area contributed by atoms with Crippen molar-refractivity contribution in [2.75, 3.05) is 7.11 Å². The number of carboxylic acids is 2. The summed E-state index contributed by atoms with van der Waals surface area (Å²) in [6, 6.07) is 16.1. The number of carbonyl (C=O) groups is 2. The molecule has 4 aromatic rings. The molecule has 0 fully saturated rings. The summed E-state index contributed by atoms with van der Waals surface area (Å²) in [5.41, 5.74) is 1.81. The Labute approximate surface area is 230 Å². The first-order valence-corrected chi connectivity index (χ1v) is 12.4. The lowest BCUT2D eigenvalue weighted by Crippen LogP contribution is -2.02. The summed E-state index contributed by atoms with van der Waals surface area (Å²) in [7, 11) is 1.42. The van der Waals surface area contributed by atoms with E-state index in [1.165, 1.54) is 31.4 Å². The van der Waals surface area contributed by atoms with Gasteiger partial charge in [-0.3, -0.25) is 0 Å². The number of halogens is 2. The minimum atomic E-state index is -1.21. The fourth-order valence-corrected chi connectivity index (χ4v) is 4.33. The maximum absolute atomic E-state index is 11.9. The number of hydrogen-bond acceptors (Lipinski definition) is 8. The van der Waals surface area contributed by atoms with Gasteiger partial charge in [0.15, 0.2) is 11.5 Å². The highest BCUT2D eigenvalue weighted by Gasteiger charge is 2.18. The Morgan fingerprint density at radius 3 is 2.50 bits per heavy atom. The second kappa shape index (κ2) is 12.0. The number of rotatable bonds is 10. The molecule has 0 unspecified atom stereocenters. The van der Waals surface area contributed by atoms with Gasteiger partial charge in [0, 0.05) is 10.6 Å². The molecule has 0 aliphatic carbocycles. The van der Waals surface area contributed by atoms with E-state index in [2.05, 4.69) is 10.2 Å². The molecular formula is C26H18Cl2N2O7S. The number of aromatic nitrogens is 2. The van der Waals surface area contributed by atoms with Crippen LogP contribution in [0.4, 0.5) is 0 Å². The summed E-state index contributed by atoms with van der Waals surface area (Å²) in [6.45, 7) is 0.0374. The molecule has 1 heterocycles. The Hall–Kier alpha value is -3.99. The van der Waals surface area contributed by atoms with Crippen LogP contribution >= 0.6 is 35.0 Å². The van der Waals surface area contributed by atoms with Crippen LogP contribution in [0, 0.1) is 0 Å². The highest BCUT2D eigenvalue weighted by molar-refractivity contribution is 8.03. The first kappa shape index (κ1) is 27.1. The SMILES string of the molecule is COc1cc(/C=C(\Sc2nnc(-c3ccc(Cl)cc3)o2)C(=O)O)cc(Cl)c1OCc1cccc(C(=O)O)c1. The molecule has 0 atom stereocenters. The molecule has 38 heavy (non-hydrogen) atoms. The fraction of sp³-hybridized carbons (Fsp3) is 0.0769. The molecular weight excluding hydrogens is 555 g/mol. The van der Waals surface area contributed by atoms with E-state index in [0.29, 0.717) is 21.7 Å². The van der Waals surface area contributed by atoms with Crippen molar-refractivity contribution in [3.63, 3.8) is 0 Å². The van der Waals surface area contributed by atoms with Gasteiger partial charge < -0.3 is 24.1 Å². The largest absolute Gasteiger partial charge is 0.493 e. The molecule has 0 radical (unpaired) electrons. The Balaban J connectivity index is 1.54. The fourth-order valence-electron chi connectivity index (χ4n) is 3.25. The molecule has 4 rings (SSSR count). The Bertz CT molecular complexity index is 1520. The highest BCUT2D eigenvalue weighted by Crippen LogP contribution is 2.39. The first-order valence-electron chi connectivity index (χ1n) is 10.8. The Morgan fingerprint density at radius 2 is 1.82 bits per heavy atom. The van der Waals surface area contributed by atoms with Crippen LogP contribution in [0.5, 0.6) is 11.5 Å². The molecule has 0 spiro atoms. The van der Waals surface area contributed by atoms with Crippen LogP contribution in [0.15, 0.2) is 75.2 Å². The van der Waals surface area contributed by atoms with Crippen LogP contribution in [0.3, 0.4) is 0 Å². The quantitative estimate of drug-likeness (QED) is 0.159. The van der Waals surface area contributed by atoms with Gasteiger partial charge >= 0.3 is 11.9 Å². The lowest BCUT2D eigenvalue weighted by atomic mass is 10.1. The first-order chi connectivity index (χ1) is 18.2. The standard InChI is InChI=1S/C26H18Cl2N2O7S/c1-35-20-11-15(10-19(28)22(20)36-13-14-3-2-4-17(9-14)24(31)32)12-21(25(33)34)38-26-30-29-23(37-26)16-5-7-18(27)8-6-16/h2-12H,13H2,1H3,(H,31,32)(H,33,34)/b21-12-. The molecule has 9 nitrogen and oxygen atoms in total. The van der Waals surface area contributed by atoms with E-state index < -0.39 is 11.9 Å². The number of hydrogen-bond donors (Lipinski definition) is 2. The van der Waals surface area contributed by atoms with Gasteiger partial charge in [-0.05, 0) is 77.5 Å². The predicted molar refractivity (Wildman–Crippen MR) is 142 cm³/mol. The van der Waals surface area contributed by atoms with Gasteiger partial charge in [0.25, 0.3) is 5.22 Å². The number of carboxylic acid groups (broad SMARTS) is 2. The maximum atomic E-state index is 11.9. The third-order valence-corrected chi connectivity index (χ3v) is 6.40. The van der Waals surface area contributed by atoms with Crippen LogP contribution in [0.1, 0.15) is 21.5 Å². The van der Waals surface area contributed by atoms with Gasteiger partial charge in [-0.2, -0.15) is 0 Å². The lowest BCUT2D eigenvalue weighted by Gasteiger charge is -2.14. The zero-order chi connectivity index (χ0) is 27.2. The van der Waals surface area contributed by atoms with E-state index in [1.54, 1.807) is 42.5 Å². The molecule has 0 saturated carbocycles. The van der Waals surface area contributed by atoms with Crippen molar-refractivity contribution in [1.82, 2.24) is 10.2 Å². The van der Waals surface area contributed by atoms with Crippen molar-refractivity contribution in [2.45, 2.75) is 11.8 Å². The summed E-state index contributed by atoms with van der Waals surface area (Å²) < 4.78 is 16.8. The van der Waals surface area contributed by atoms with E-state index in [4.69, 9.17) is 42.2 Å². The van der Waals surface area contributed by atoms with Crippen LogP contribution in [-0.4, -0.2) is 39.5 Å². The van der Waals surface area contributed by atoms with Gasteiger partial charge in [-0.15, -0.1) is 10.2 Å². The number of ether oxygens (including phenoxy) is 2. The van der Waals surface area contributed by atoms with E-state index in [9.17, 15) is 14.7 Å². The average Bonchev–Trinajstić information content (AvgIpc) is 3.36. The summed E-state index contributed by atoms with van der Waals surface area (Å²) in [6.07, 6.45) is 1.38. The Morgan fingerprint density at radius 1 is 1.05 bits per heavy atom. The maximum Gasteiger partial charge on any atom is 0.342 e. The highest BCUT2D eigenvalue weighted by atomic mass is 35.5. The monoisotopic (exact) mass is 572 g/mol. The third kappa shape index (κ3) is 6.65. The summed E-state index contributed by atoms with van der Waals surface area (Å²) in [4.78, 5) is 23.0. The molecule has 0 aliphatic rings. The van der Waals surface area contributed by atoms with Crippen LogP contribution in [0.2, 0.25) is 10.0 Å². The van der Waals surface area contributed by atoms with Crippen LogP contribution in [-0.2, 0) is 11.4 Å². The molecule has 3 aromatic carbocycles. The van der Waals surface area contributed by atoms with E-state index in [-0.39, 0.29) is 44.7 Å². The smallest absolute Gasteiger partial charge is 0.342 e. The van der Waals surface area contributed by atoms with Crippen molar-refractivity contribution in [3.8, 4) is 23.0 Å². The minimum Gasteiger partial charge on any atom is -0.493 e. The van der Waals surface area contributed by atoms with Gasteiger partial charge in [-0.1, -0.05) is 35.3 Å². The number of methoxy groups -OCH3 is 1. The Kier molecular flexibility index (Phi) is 8.57. The second-order valence-corrected chi connectivity index (χ2v) is 9.46. The van der Waals surface area contributed by atoms with Crippen molar-refractivity contribution in [1.29, 1.82) is 0 Å². The summed E-state index contributed by atoms with van der Waals surface area (Å²) >= 11 is 13.1. The molecule has 0 bridgehead atoms. The molecule has 194 valence electrons. The number of benzene rings is 3. The van der Waals surface area contributed by atoms with Gasteiger partial charge in [-0.25, -0.2) is 9.59 Å². The van der Waals surface area contributed by atoms with E-state index in [1.807, 2.05) is 0 Å². The van der Waals surface area contributed by atoms with Gasteiger partial charge in [0.05, 0.1) is 17.7 Å². The molecule has 12 heteroatoms. The van der Waals surface area contributed by atoms with Gasteiger partial charge in [0.2, 0.25) is 5.89 Å². The van der Waals surface area contributed by atoms with Crippen molar-refractivity contribution >= 4 is 53.0 Å². The number of nitrogens with zero attached hydrogens (tertiary/aromatic N) is 2. The van der Waals surface area contributed by atoms with Crippen molar-refractivity contribution in [2.24, 2.45) is 0 Å². The number of aromatic carboxylic acids is 1. The number of thioether (sulfide) groups is 1.